The Balaban J connectivity index is 1.74. The number of anilines is 1. The Hall–Kier alpha value is -3.25. The van der Waals surface area contributed by atoms with E-state index in [2.05, 4.69) is 20.6 Å². The van der Waals surface area contributed by atoms with E-state index < -0.39 is 16.6 Å². The van der Waals surface area contributed by atoms with Crippen LogP contribution in [0, 0.1) is 10.1 Å². The van der Waals surface area contributed by atoms with E-state index in [1.807, 2.05) is 0 Å². The molecular formula is C21H16Cl2N4O5S2. The van der Waals surface area contributed by atoms with Crippen molar-refractivity contribution in [2.45, 2.75) is 6.92 Å². The average Bonchev–Trinajstić information content (AvgIpc) is 3.20. The lowest BCUT2D eigenvalue weighted by Crippen LogP contribution is -2.25. The summed E-state index contributed by atoms with van der Waals surface area (Å²) < 4.78 is 4.55. The molecule has 34 heavy (non-hydrogen) atoms. The number of hydrogen-bond acceptors (Lipinski definition) is 8. The number of thiophene rings is 1. The number of nitrogens with zero attached hydrogens (tertiary/aromatic N) is 2. The minimum atomic E-state index is -0.824. The summed E-state index contributed by atoms with van der Waals surface area (Å²) in [5.74, 6) is -0.797. The molecule has 3 rings (SSSR count). The molecule has 0 unspecified atom stereocenters. The third-order valence-corrected chi connectivity index (χ3v) is 6.47. The molecule has 13 heteroatoms. The molecule has 0 aliphatic rings. The van der Waals surface area contributed by atoms with Crippen LogP contribution in [0.2, 0.25) is 10.0 Å². The molecule has 2 aromatic carbocycles. The number of hydrogen-bond donors (Lipinski definition) is 3. The second-order valence-electron chi connectivity index (χ2n) is 6.70. The summed E-state index contributed by atoms with van der Waals surface area (Å²) in [6.45, 7) is 1.67. The topological polar surface area (TPSA) is 126 Å². The van der Waals surface area contributed by atoms with Gasteiger partial charge in [-0.1, -0.05) is 29.3 Å². The summed E-state index contributed by atoms with van der Waals surface area (Å²) in [5, 5.41) is 31.4. The van der Waals surface area contributed by atoms with Gasteiger partial charge in [-0.05, 0) is 49.0 Å². The largest absolute Gasteiger partial charge is 0.506 e. The molecule has 0 amide bonds. The molecule has 0 bridgehead atoms. The van der Waals surface area contributed by atoms with Crippen LogP contribution >= 0.6 is 46.8 Å². The fraction of sp³-hybridized carbons (Fsp3) is 0.0952. The summed E-state index contributed by atoms with van der Waals surface area (Å²) in [4.78, 5) is 22.9. The lowest BCUT2D eigenvalue weighted by molar-refractivity contribution is -0.385. The van der Waals surface area contributed by atoms with Gasteiger partial charge in [-0.15, -0.1) is 11.3 Å². The Morgan fingerprint density at radius 3 is 2.59 bits per heavy atom. The molecule has 0 saturated carbocycles. The van der Waals surface area contributed by atoms with Gasteiger partial charge in [0.2, 0.25) is 0 Å². The predicted molar refractivity (Wildman–Crippen MR) is 137 cm³/mol. The number of aromatic hydroxyl groups is 1. The van der Waals surface area contributed by atoms with E-state index in [0.717, 1.165) is 13.2 Å². The van der Waals surface area contributed by atoms with Crippen molar-refractivity contribution in [2.24, 2.45) is 5.10 Å². The van der Waals surface area contributed by atoms with Crippen molar-refractivity contribution in [3.05, 3.63) is 73.1 Å². The summed E-state index contributed by atoms with van der Waals surface area (Å²) in [7, 11) is 1.14. The standard InChI is InChI=1S/C21H16Cl2N4O5S2/c1-10(14-9-34-19(18(14)28)11-3-6-15(22)16(23)7-11)25-26-21(33)24-12-4-5-13(20(29)32-2)17(8-12)27(30)31/h3-9,28H,1-2H3,(H2,24,26,33)/b25-10-. The zero-order valence-electron chi connectivity index (χ0n) is 17.6. The maximum Gasteiger partial charge on any atom is 0.344 e. The summed E-state index contributed by atoms with van der Waals surface area (Å²) in [6.07, 6.45) is 0. The number of benzene rings is 2. The molecule has 176 valence electrons. The molecule has 0 aliphatic carbocycles. The van der Waals surface area contributed by atoms with Crippen LogP contribution in [-0.2, 0) is 4.74 Å². The summed E-state index contributed by atoms with van der Waals surface area (Å²) in [6, 6.07) is 8.92. The molecule has 0 fully saturated rings. The van der Waals surface area contributed by atoms with E-state index in [4.69, 9.17) is 35.4 Å². The van der Waals surface area contributed by atoms with Gasteiger partial charge < -0.3 is 15.2 Å². The first-order valence-corrected chi connectivity index (χ1v) is 11.4. The fourth-order valence-electron chi connectivity index (χ4n) is 2.85. The third kappa shape index (κ3) is 5.62. The SMILES string of the molecule is COC(=O)c1ccc(NC(=S)N/N=C(/C)c2csc(-c3ccc(Cl)c(Cl)c3)c2O)cc1[N+](=O)[O-]. The maximum atomic E-state index is 11.7. The van der Waals surface area contributed by atoms with Gasteiger partial charge >= 0.3 is 5.97 Å². The number of carbonyl (C=O) groups is 1. The van der Waals surface area contributed by atoms with Crippen LogP contribution in [0.25, 0.3) is 10.4 Å². The lowest BCUT2D eigenvalue weighted by Gasteiger charge is -2.09. The number of methoxy groups -OCH3 is 1. The van der Waals surface area contributed by atoms with Gasteiger partial charge in [-0.25, -0.2) is 4.79 Å². The van der Waals surface area contributed by atoms with Gasteiger partial charge in [0.25, 0.3) is 5.69 Å². The molecule has 9 nitrogen and oxygen atoms in total. The van der Waals surface area contributed by atoms with Gasteiger partial charge in [0.15, 0.2) is 5.11 Å². The van der Waals surface area contributed by atoms with Gasteiger partial charge in [-0.3, -0.25) is 15.5 Å². The third-order valence-electron chi connectivity index (χ3n) is 4.52. The van der Waals surface area contributed by atoms with E-state index >= 15 is 0 Å². The van der Waals surface area contributed by atoms with Crippen molar-refractivity contribution in [3.8, 4) is 16.2 Å². The minimum Gasteiger partial charge on any atom is -0.506 e. The first-order valence-electron chi connectivity index (χ1n) is 9.36. The second-order valence-corrected chi connectivity index (χ2v) is 8.80. The quantitative estimate of drug-likeness (QED) is 0.117. The molecule has 1 heterocycles. The number of nitro groups is 1. The molecule has 3 N–H and O–H groups in total. The molecular weight excluding hydrogens is 523 g/mol. The molecule has 0 atom stereocenters. The highest BCUT2D eigenvalue weighted by Crippen LogP contribution is 2.40. The van der Waals surface area contributed by atoms with Crippen molar-refractivity contribution in [1.29, 1.82) is 0 Å². The Morgan fingerprint density at radius 1 is 1.21 bits per heavy atom. The molecule has 0 spiro atoms. The lowest BCUT2D eigenvalue weighted by atomic mass is 10.1. The summed E-state index contributed by atoms with van der Waals surface area (Å²) >= 11 is 18.5. The molecule has 1 aromatic heterocycles. The fourth-order valence-corrected chi connectivity index (χ4v) is 4.31. The highest BCUT2D eigenvalue weighted by Gasteiger charge is 2.21. The van der Waals surface area contributed by atoms with E-state index in [1.54, 1.807) is 30.5 Å². The van der Waals surface area contributed by atoms with Crippen LogP contribution in [0.3, 0.4) is 0 Å². The van der Waals surface area contributed by atoms with Crippen LogP contribution in [0.5, 0.6) is 5.75 Å². The van der Waals surface area contributed by atoms with E-state index in [9.17, 15) is 20.0 Å². The van der Waals surface area contributed by atoms with Gasteiger partial charge in [0.1, 0.15) is 11.3 Å². The number of rotatable bonds is 6. The van der Waals surface area contributed by atoms with Gasteiger partial charge in [-0.2, -0.15) is 5.10 Å². The minimum absolute atomic E-state index is 0.0272. The number of hydrazone groups is 1. The monoisotopic (exact) mass is 538 g/mol. The van der Waals surface area contributed by atoms with Crippen molar-refractivity contribution in [3.63, 3.8) is 0 Å². The number of esters is 1. The molecule has 0 radical (unpaired) electrons. The Labute approximate surface area is 213 Å². The zero-order chi connectivity index (χ0) is 25.0. The van der Waals surface area contributed by atoms with Crippen molar-refractivity contribution < 1.29 is 19.6 Å². The van der Waals surface area contributed by atoms with Crippen LogP contribution in [0.4, 0.5) is 11.4 Å². The average molecular weight is 539 g/mol. The number of halogens is 2. The van der Waals surface area contributed by atoms with Crippen molar-refractivity contribution in [2.75, 3.05) is 12.4 Å². The number of nitro benzene ring substituents is 1. The Bertz CT molecular complexity index is 1330. The first kappa shape index (κ1) is 25.4. The first-order chi connectivity index (χ1) is 16.1. The highest BCUT2D eigenvalue weighted by molar-refractivity contribution is 7.80. The van der Waals surface area contributed by atoms with Crippen LogP contribution in [0.15, 0.2) is 46.9 Å². The smallest absolute Gasteiger partial charge is 0.344 e. The molecule has 3 aromatic rings. The normalized spacial score (nSPS) is 11.1. The van der Waals surface area contributed by atoms with E-state index in [1.165, 1.54) is 23.5 Å². The van der Waals surface area contributed by atoms with Crippen molar-refractivity contribution in [1.82, 2.24) is 5.43 Å². The number of carbonyl (C=O) groups excluding carboxylic acids is 1. The van der Waals surface area contributed by atoms with E-state index in [0.29, 0.717) is 31.8 Å². The van der Waals surface area contributed by atoms with E-state index in [-0.39, 0.29) is 22.1 Å². The van der Waals surface area contributed by atoms with Crippen molar-refractivity contribution >= 4 is 74.9 Å². The zero-order valence-corrected chi connectivity index (χ0v) is 20.7. The number of nitrogens with one attached hydrogen (secondary N) is 2. The maximum absolute atomic E-state index is 11.7. The number of thiocarbonyl (C=S) groups is 1. The molecule has 0 saturated heterocycles. The van der Waals surface area contributed by atoms with Crippen LogP contribution in [-0.4, -0.2) is 33.9 Å². The van der Waals surface area contributed by atoms with Crippen LogP contribution < -0.4 is 10.7 Å². The molecule has 0 aliphatic heterocycles. The van der Waals surface area contributed by atoms with Gasteiger partial charge in [0.05, 0.1) is 38.2 Å². The number of ether oxygens (including phenoxy) is 1. The Kier molecular flexibility index (Phi) is 8.05. The van der Waals surface area contributed by atoms with Crippen LogP contribution in [0.1, 0.15) is 22.8 Å². The summed E-state index contributed by atoms with van der Waals surface area (Å²) in [5.41, 5.74) is 3.91. The predicted octanol–water partition coefficient (Wildman–Crippen LogP) is 5.83. The second kappa shape index (κ2) is 10.8. The van der Waals surface area contributed by atoms with Gasteiger partial charge in [0, 0.05) is 17.1 Å². The highest BCUT2D eigenvalue weighted by atomic mass is 35.5. The Morgan fingerprint density at radius 2 is 1.94 bits per heavy atom.